The second-order valence-corrected chi connectivity index (χ2v) is 8.18. The largest absolute Gasteiger partial charge is 0.496 e. The number of hydrogen-bond donors (Lipinski definition) is 2. The molecule has 1 amide bonds. The number of amides is 1. The number of nitrogens with zero attached hydrogens (tertiary/aromatic N) is 2. The summed E-state index contributed by atoms with van der Waals surface area (Å²) in [6, 6.07) is 3.22. The number of ketones is 1. The summed E-state index contributed by atoms with van der Waals surface area (Å²) < 4.78 is 46.6. The molecular weight excluding hydrogens is 401 g/mol. The smallest absolute Gasteiger partial charge is 0.419 e. The zero-order valence-corrected chi connectivity index (χ0v) is 17.1. The summed E-state index contributed by atoms with van der Waals surface area (Å²) in [6.45, 7) is 3.92. The van der Waals surface area contributed by atoms with Crippen molar-refractivity contribution < 1.29 is 27.5 Å². The normalized spacial score (nSPS) is 17.9. The number of nitrogens with two attached hydrogens (primary N) is 1. The van der Waals surface area contributed by atoms with Crippen molar-refractivity contribution in [2.24, 2.45) is 18.3 Å². The van der Waals surface area contributed by atoms with E-state index in [-0.39, 0.29) is 22.4 Å². The Labute approximate surface area is 171 Å². The van der Waals surface area contributed by atoms with Crippen LogP contribution in [-0.4, -0.2) is 28.6 Å². The number of fused-ring (bicyclic) bond motifs is 1. The number of nitrogen functional groups attached to an aromatic ring is 1. The fraction of sp³-hybridized carbons (Fsp3) is 0.450. The number of halogens is 3. The number of methoxy groups -OCH3 is 1. The lowest BCUT2D eigenvalue weighted by atomic mass is 9.68. The molecule has 30 heavy (non-hydrogen) atoms. The van der Waals surface area contributed by atoms with Gasteiger partial charge in [0.2, 0.25) is 0 Å². The van der Waals surface area contributed by atoms with Gasteiger partial charge in [-0.3, -0.25) is 19.7 Å². The molecule has 7 nitrogen and oxygen atoms in total. The molecule has 0 bridgehead atoms. The second kappa shape index (κ2) is 7.42. The van der Waals surface area contributed by atoms with Gasteiger partial charge >= 0.3 is 6.18 Å². The Balaban J connectivity index is 2.15. The second-order valence-electron chi connectivity index (χ2n) is 8.18. The van der Waals surface area contributed by atoms with E-state index in [0.29, 0.717) is 24.1 Å². The molecule has 0 saturated heterocycles. The van der Waals surface area contributed by atoms with Gasteiger partial charge in [0, 0.05) is 23.9 Å². The van der Waals surface area contributed by atoms with Crippen LogP contribution in [0, 0.1) is 5.41 Å². The predicted octanol–water partition coefficient (Wildman–Crippen LogP) is 2.99. The van der Waals surface area contributed by atoms with Gasteiger partial charge < -0.3 is 4.74 Å². The van der Waals surface area contributed by atoms with E-state index in [1.54, 1.807) is 7.05 Å². The fourth-order valence-electron chi connectivity index (χ4n) is 4.07. The summed E-state index contributed by atoms with van der Waals surface area (Å²) in [5.74, 6) is 2.88. The van der Waals surface area contributed by atoms with Crippen LogP contribution < -0.4 is 16.0 Å². The van der Waals surface area contributed by atoms with Crippen LogP contribution in [0.1, 0.15) is 63.9 Å². The number of hydrogen-bond acceptors (Lipinski definition) is 5. The van der Waals surface area contributed by atoms with E-state index < -0.39 is 29.3 Å². The molecule has 0 saturated carbocycles. The van der Waals surface area contributed by atoms with E-state index in [1.165, 1.54) is 10.7 Å². The third kappa shape index (κ3) is 3.79. The van der Waals surface area contributed by atoms with Crippen LogP contribution in [0.2, 0.25) is 0 Å². The standard InChI is InChI=1S/C20H23F3N4O3/c1-19(2)8-11(15-13(9-19)27(3)26-16(15)18(29)25-24)17(28)10-5-6-14(30-4)12(7-10)20(21,22)23/h5-7,11H,8-9,24H2,1-4H3,(H,25,29). The van der Waals surface area contributed by atoms with Gasteiger partial charge in [0.05, 0.1) is 18.6 Å². The van der Waals surface area contributed by atoms with Gasteiger partial charge in [-0.2, -0.15) is 18.3 Å². The Morgan fingerprint density at radius 1 is 1.33 bits per heavy atom. The zero-order chi connectivity index (χ0) is 22.4. The lowest BCUT2D eigenvalue weighted by Crippen LogP contribution is -2.34. The highest BCUT2D eigenvalue weighted by Gasteiger charge is 2.42. The highest BCUT2D eigenvalue weighted by Crippen LogP contribution is 2.45. The third-order valence-electron chi connectivity index (χ3n) is 5.41. The van der Waals surface area contributed by atoms with Gasteiger partial charge in [-0.25, -0.2) is 5.84 Å². The molecule has 0 fully saturated rings. The Bertz CT molecular complexity index is 1010. The fourth-order valence-corrected chi connectivity index (χ4v) is 4.07. The maximum atomic E-state index is 13.4. The molecule has 0 spiro atoms. The van der Waals surface area contributed by atoms with Crippen LogP contribution in [0.15, 0.2) is 18.2 Å². The third-order valence-corrected chi connectivity index (χ3v) is 5.41. The topological polar surface area (TPSA) is 99.2 Å². The van der Waals surface area contributed by atoms with E-state index in [4.69, 9.17) is 10.6 Å². The summed E-state index contributed by atoms with van der Waals surface area (Å²) in [5.41, 5.74) is 1.66. The molecule has 1 atom stereocenters. The molecule has 0 aliphatic heterocycles. The minimum Gasteiger partial charge on any atom is -0.496 e. The van der Waals surface area contributed by atoms with Crippen molar-refractivity contribution in [1.29, 1.82) is 0 Å². The molecule has 0 radical (unpaired) electrons. The highest BCUT2D eigenvalue weighted by molar-refractivity contribution is 6.04. The molecule has 162 valence electrons. The van der Waals surface area contributed by atoms with E-state index >= 15 is 0 Å². The first-order chi connectivity index (χ1) is 13.9. The number of ether oxygens (including phenoxy) is 1. The molecule has 10 heteroatoms. The maximum Gasteiger partial charge on any atom is 0.419 e. The Kier molecular flexibility index (Phi) is 5.40. The molecule has 1 heterocycles. The minimum atomic E-state index is -4.68. The van der Waals surface area contributed by atoms with Crippen LogP contribution in [0.3, 0.4) is 0 Å². The van der Waals surface area contributed by atoms with E-state index in [2.05, 4.69) is 5.10 Å². The van der Waals surface area contributed by atoms with Crippen molar-refractivity contribution in [1.82, 2.24) is 15.2 Å². The number of alkyl halides is 3. The molecule has 1 aromatic carbocycles. The summed E-state index contributed by atoms with van der Waals surface area (Å²) in [6.07, 6.45) is -3.77. The zero-order valence-electron chi connectivity index (χ0n) is 17.1. The first-order valence-electron chi connectivity index (χ1n) is 9.25. The first kappa shape index (κ1) is 21.8. The number of benzene rings is 1. The summed E-state index contributed by atoms with van der Waals surface area (Å²) in [5, 5.41) is 4.21. The molecule has 1 aromatic heterocycles. The van der Waals surface area contributed by atoms with Crippen molar-refractivity contribution in [2.75, 3.05) is 7.11 Å². The maximum absolute atomic E-state index is 13.4. The monoisotopic (exact) mass is 424 g/mol. The highest BCUT2D eigenvalue weighted by atomic mass is 19.4. The average molecular weight is 424 g/mol. The van der Waals surface area contributed by atoms with Crippen molar-refractivity contribution in [2.45, 2.75) is 38.8 Å². The van der Waals surface area contributed by atoms with E-state index in [9.17, 15) is 22.8 Å². The lowest BCUT2D eigenvalue weighted by molar-refractivity contribution is -0.138. The number of carbonyl (C=O) groups excluding carboxylic acids is 2. The van der Waals surface area contributed by atoms with Crippen LogP contribution in [0.4, 0.5) is 13.2 Å². The number of nitrogens with one attached hydrogen (secondary N) is 1. The number of aromatic nitrogens is 2. The van der Waals surface area contributed by atoms with Crippen molar-refractivity contribution in [3.8, 4) is 5.75 Å². The van der Waals surface area contributed by atoms with Gasteiger partial charge in [-0.05, 0) is 36.5 Å². The van der Waals surface area contributed by atoms with Crippen molar-refractivity contribution in [3.05, 3.63) is 46.3 Å². The van der Waals surface area contributed by atoms with Gasteiger partial charge in [-0.1, -0.05) is 13.8 Å². The summed E-state index contributed by atoms with van der Waals surface area (Å²) in [4.78, 5) is 25.6. The number of aryl methyl sites for hydroxylation is 1. The number of hydrazine groups is 1. The molecular formula is C20H23F3N4O3. The van der Waals surface area contributed by atoms with Crippen LogP contribution in [0.25, 0.3) is 0 Å². The first-order valence-corrected chi connectivity index (χ1v) is 9.25. The van der Waals surface area contributed by atoms with E-state index in [0.717, 1.165) is 19.2 Å². The van der Waals surface area contributed by atoms with E-state index in [1.807, 2.05) is 19.3 Å². The lowest BCUT2D eigenvalue weighted by Gasteiger charge is -2.35. The Morgan fingerprint density at radius 3 is 2.57 bits per heavy atom. The minimum absolute atomic E-state index is 0.00778. The Hall–Kier alpha value is -2.88. The van der Waals surface area contributed by atoms with Crippen LogP contribution >= 0.6 is 0 Å². The Morgan fingerprint density at radius 2 is 2.00 bits per heavy atom. The van der Waals surface area contributed by atoms with Gasteiger partial charge in [-0.15, -0.1) is 0 Å². The quantitative estimate of drug-likeness (QED) is 0.340. The van der Waals surface area contributed by atoms with Gasteiger partial charge in [0.15, 0.2) is 11.5 Å². The SMILES string of the molecule is COc1ccc(C(=O)C2CC(C)(C)Cc3c2c(C(=O)NN)nn3C)cc1C(F)(F)F. The van der Waals surface area contributed by atoms with Crippen LogP contribution in [-0.2, 0) is 19.6 Å². The molecule has 1 unspecified atom stereocenters. The number of Topliss-reactive ketones (excluding diaryl/α,β-unsaturated/α-hetero) is 1. The summed E-state index contributed by atoms with van der Waals surface area (Å²) in [7, 11) is 2.79. The van der Waals surface area contributed by atoms with Crippen LogP contribution in [0.5, 0.6) is 5.75 Å². The number of carbonyl (C=O) groups is 2. The molecule has 1 aliphatic rings. The molecule has 3 rings (SSSR count). The summed E-state index contributed by atoms with van der Waals surface area (Å²) >= 11 is 0. The van der Waals surface area contributed by atoms with Gasteiger partial charge in [0.1, 0.15) is 5.75 Å². The predicted molar refractivity (Wildman–Crippen MR) is 102 cm³/mol. The van der Waals surface area contributed by atoms with Gasteiger partial charge in [0.25, 0.3) is 5.91 Å². The molecule has 1 aliphatic carbocycles. The molecule has 3 N–H and O–H groups in total. The molecule has 2 aromatic rings. The average Bonchev–Trinajstić information content (AvgIpc) is 3.00. The number of rotatable bonds is 4. The van der Waals surface area contributed by atoms with Crippen molar-refractivity contribution in [3.63, 3.8) is 0 Å². The van der Waals surface area contributed by atoms with Crippen molar-refractivity contribution >= 4 is 11.7 Å².